The molecule has 0 heterocycles. The molecule has 0 aliphatic carbocycles. The van der Waals surface area contributed by atoms with Gasteiger partial charge in [-0.2, -0.15) is 0 Å². The van der Waals surface area contributed by atoms with Crippen LogP contribution in [0.25, 0.3) is 6.08 Å². The zero-order valence-electron chi connectivity index (χ0n) is 18.2. The first-order chi connectivity index (χ1) is 14.0. The van der Waals surface area contributed by atoms with Gasteiger partial charge in [0.05, 0.1) is 6.61 Å². The van der Waals surface area contributed by atoms with E-state index >= 15 is 0 Å². The number of benzene rings is 1. The molecular weight excluding hydrogens is 360 g/mol. The Hall–Kier alpha value is -2.55. The van der Waals surface area contributed by atoms with E-state index in [1.165, 1.54) is 44.6 Å². The Morgan fingerprint density at radius 2 is 1.66 bits per heavy atom. The van der Waals surface area contributed by atoms with Crippen molar-refractivity contribution in [1.82, 2.24) is 0 Å². The molecule has 0 spiro atoms. The van der Waals surface area contributed by atoms with Crippen LogP contribution >= 0.6 is 0 Å². The topological polar surface area (TPSA) is 46.5 Å². The van der Waals surface area contributed by atoms with Gasteiger partial charge in [-0.15, -0.1) is 0 Å². The quantitative estimate of drug-likeness (QED) is 0.203. The van der Waals surface area contributed by atoms with Gasteiger partial charge in [0, 0.05) is 11.6 Å². The third kappa shape index (κ3) is 12.5. The van der Waals surface area contributed by atoms with Gasteiger partial charge in [0.1, 0.15) is 5.75 Å². The molecule has 0 amide bonds. The summed E-state index contributed by atoms with van der Waals surface area (Å²) in [5, 5.41) is 8.72. The SMILES string of the molecule is CCCCCCCCCOc1ccccc1C=CC(C)=C/C=C/C(C)=C/C(=O)O. The number of hydrogen-bond donors (Lipinski definition) is 1. The highest BCUT2D eigenvalue weighted by Gasteiger charge is 2.00. The summed E-state index contributed by atoms with van der Waals surface area (Å²) in [6, 6.07) is 8.08. The highest BCUT2D eigenvalue weighted by Crippen LogP contribution is 2.21. The van der Waals surface area contributed by atoms with E-state index in [4.69, 9.17) is 9.84 Å². The fraction of sp³-hybridized carbons (Fsp3) is 0.423. The molecule has 1 N–H and O–H groups in total. The average molecular weight is 397 g/mol. The number of ether oxygens (including phenoxy) is 1. The van der Waals surface area contributed by atoms with Crippen LogP contribution in [0.3, 0.4) is 0 Å². The van der Waals surface area contributed by atoms with E-state index in [0.29, 0.717) is 5.57 Å². The zero-order chi connectivity index (χ0) is 21.3. The number of carboxylic acid groups (broad SMARTS) is 1. The van der Waals surface area contributed by atoms with Gasteiger partial charge >= 0.3 is 5.97 Å². The van der Waals surface area contributed by atoms with Gasteiger partial charge in [-0.25, -0.2) is 4.79 Å². The first-order valence-corrected chi connectivity index (χ1v) is 10.7. The Morgan fingerprint density at radius 3 is 2.38 bits per heavy atom. The van der Waals surface area contributed by atoms with E-state index in [1.54, 1.807) is 13.0 Å². The van der Waals surface area contributed by atoms with Crippen molar-refractivity contribution in [3.63, 3.8) is 0 Å². The molecule has 0 aliphatic rings. The van der Waals surface area contributed by atoms with Gasteiger partial charge in [0.15, 0.2) is 0 Å². The summed E-state index contributed by atoms with van der Waals surface area (Å²) < 4.78 is 6.00. The third-order valence-electron chi connectivity index (χ3n) is 4.52. The van der Waals surface area contributed by atoms with Crippen molar-refractivity contribution >= 4 is 12.0 Å². The van der Waals surface area contributed by atoms with Crippen LogP contribution in [0.1, 0.15) is 71.3 Å². The Labute approximate surface area is 176 Å². The van der Waals surface area contributed by atoms with Crippen molar-refractivity contribution in [2.75, 3.05) is 6.61 Å². The predicted octanol–water partition coefficient (Wildman–Crippen LogP) is 7.36. The van der Waals surface area contributed by atoms with Crippen molar-refractivity contribution in [2.45, 2.75) is 65.7 Å². The molecule has 0 unspecified atom stereocenters. The highest BCUT2D eigenvalue weighted by atomic mass is 16.5. The van der Waals surface area contributed by atoms with Crippen LogP contribution in [0.4, 0.5) is 0 Å². The van der Waals surface area contributed by atoms with Gasteiger partial charge < -0.3 is 9.84 Å². The second-order valence-corrected chi connectivity index (χ2v) is 7.34. The summed E-state index contributed by atoms with van der Waals surface area (Å²) in [5.74, 6) is -0.0147. The molecule has 0 fully saturated rings. The molecular formula is C26H36O3. The smallest absolute Gasteiger partial charge is 0.328 e. The van der Waals surface area contributed by atoms with Crippen molar-refractivity contribution in [3.8, 4) is 5.75 Å². The fourth-order valence-corrected chi connectivity index (χ4v) is 2.86. The molecule has 0 aliphatic heterocycles. The van der Waals surface area contributed by atoms with Crippen LogP contribution in [-0.4, -0.2) is 17.7 Å². The maximum Gasteiger partial charge on any atom is 0.328 e. The molecule has 158 valence electrons. The first kappa shape index (κ1) is 24.5. The van der Waals surface area contributed by atoms with Gasteiger partial charge in [-0.1, -0.05) is 99.6 Å². The lowest BCUT2D eigenvalue weighted by Gasteiger charge is -2.09. The van der Waals surface area contributed by atoms with E-state index in [0.717, 1.165) is 29.9 Å². The second kappa shape index (κ2) is 15.4. The molecule has 0 atom stereocenters. The molecule has 3 nitrogen and oxygen atoms in total. The Balaban J connectivity index is 2.50. The number of hydrogen-bond acceptors (Lipinski definition) is 2. The minimum Gasteiger partial charge on any atom is -0.493 e. The van der Waals surface area contributed by atoms with Crippen LogP contribution in [0.5, 0.6) is 5.75 Å². The normalized spacial score (nSPS) is 12.8. The molecule has 0 radical (unpaired) electrons. The summed E-state index contributed by atoms with van der Waals surface area (Å²) in [6.07, 6.45) is 19.8. The second-order valence-electron chi connectivity index (χ2n) is 7.34. The standard InChI is InChI=1S/C26H36O3/c1-4-5-6-7-8-9-12-20-29-25-17-11-10-16-24(25)19-18-22(2)14-13-15-23(3)21-26(27)28/h10-11,13-19,21H,4-9,12,20H2,1-3H3,(H,27,28)/b15-13+,19-18?,22-14?,23-21+. The van der Waals surface area contributed by atoms with Crippen molar-refractivity contribution in [2.24, 2.45) is 0 Å². The number of unbranched alkanes of at least 4 members (excludes halogenated alkanes) is 6. The average Bonchev–Trinajstić information content (AvgIpc) is 2.68. The summed E-state index contributed by atoms with van der Waals surface area (Å²) in [5.41, 5.74) is 2.84. The van der Waals surface area contributed by atoms with Crippen LogP contribution in [0.15, 0.2) is 65.8 Å². The molecule has 0 bridgehead atoms. The number of para-hydroxylation sites is 1. The van der Waals surface area contributed by atoms with E-state index in [-0.39, 0.29) is 0 Å². The Morgan fingerprint density at radius 1 is 0.966 bits per heavy atom. The monoisotopic (exact) mass is 396 g/mol. The number of carboxylic acids is 1. The van der Waals surface area contributed by atoms with E-state index in [9.17, 15) is 4.79 Å². The highest BCUT2D eigenvalue weighted by molar-refractivity contribution is 5.81. The zero-order valence-corrected chi connectivity index (χ0v) is 18.2. The van der Waals surface area contributed by atoms with Crippen LogP contribution in [0, 0.1) is 0 Å². The van der Waals surface area contributed by atoms with Crippen LogP contribution in [-0.2, 0) is 4.79 Å². The molecule has 1 aromatic carbocycles. The van der Waals surface area contributed by atoms with Crippen molar-refractivity contribution in [3.05, 3.63) is 71.4 Å². The largest absolute Gasteiger partial charge is 0.493 e. The lowest BCUT2D eigenvalue weighted by molar-refractivity contribution is -0.131. The van der Waals surface area contributed by atoms with E-state index in [1.807, 2.05) is 43.4 Å². The first-order valence-electron chi connectivity index (χ1n) is 10.7. The fourth-order valence-electron chi connectivity index (χ4n) is 2.86. The van der Waals surface area contributed by atoms with Gasteiger partial charge in [0.2, 0.25) is 0 Å². The van der Waals surface area contributed by atoms with Gasteiger partial charge in [0.25, 0.3) is 0 Å². The Kier molecular flexibility index (Phi) is 13.0. The molecule has 1 rings (SSSR count). The molecule has 0 saturated carbocycles. The maximum atomic E-state index is 10.6. The molecule has 1 aromatic rings. The van der Waals surface area contributed by atoms with E-state index < -0.39 is 5.97 Å². The summed E-state index contributed by atoms with van der Waals surface area (Å²) in [6.45, 7) is 6.78. The molecule has 0 aromatic heterocycles. The maximum absolute atomic E-state index is 10.6. The minimum atomic E-state index is -0.930. The number of allylic oxidation sites excluding steroid dienone is 6. The number of aliphatic carboxylic acids is 1. The van der Waals surface area contributed by atoms with Gasteiger partial charge in [-0.05, 0) is 31.9 Å². The summed E-state index contributed by atoms with van der Waals surface area (Å²) >= 11 is 0. The lowest BCUT2D eigenvalue weighted by Crippen LogP contribution is -1.98. The number of rotatable bonds is 14. The van der Waals surface area contributed by atoms with Crippen molar-refractivity contribution < 1.29 is 14.6 Å². The summed E-state index contributed by atoms with van der Waals surface area (Å²) in [4.78, 5) is 10.6. The molecule has 0 saturated heterocycles. The lowest BCUT2D eigenvalue weighted by atomic mass is 10.1. The van der Waals surface area contributed by atoms with Crippen molar-refractivity contribution in [1.29, 1.82) is 0 Å². The Bertz CT molecular complexity index is 723. The third-order valence-corrected chi connectivity index (χ3v) is 4.52. The number of carbonyl (C=O) groups is 1. The molecule has 29 heavy (non-hydrogen) atoms. The van der Waals surface area contributed by atoms with Crippen LogP contribution in [0.2, 0.25) is 0 Å². The van der Waals surface area contributed by atoms with Gasteiger partial charge in [-0.3, -0.25) is 0 Å². The van der Waals surface area contributed by atoms with Crippen LogP contribution < -0.4 is 4.74 Å². The summed E-state index contributed by atoms with van der Waals surface area (Å²) in [7, 11) is 0. The predicted molar refractivity (Wildman–Crippen MR) is 123 cm³/mol. The van der Waals surface area contributed by atoms with E-state index in [2.05, 4.69) is 19.1 Å². The minimum absolute atomic E-state index is 0.703. The molecule has 3 heteroatoms.